The summed E-state index contributed by atoms with van der Waals surface area (Å²) in [5, 5.41) is 0. The lowest BCUT2D eigenvalue weighted by Crippen LogP contribution is -1.98. The second-order valence-corrected chi connectivity index (χ2v) is 7.47. The second-order valence-electron chi connectivity index (χ2n) is 7.47. The topological polar surface area (TPSA) is 35.5 Å². The molecule has 0 N–H and O–H groups in total. The second kappa shape index (κ2) is 8.52. The van der Waals surface area contributed by atoms with Gasteiger partial charge in [0.05, 0.1) is 5.56 Å². The molecule has 0 aromatic heterocycles. The molecule has 3 nitrogen and oxygen atoms in total. The van der Waals surface area contributed by atoms with Crippen molar-refractivity contribution in [3.8, 4) is 22.6 Å². The molecule has 4 aromatic carbocycles. The number of ether oxygens (including phenoxy) is 2. The van der Waals surface area contributed by atoms with Gasteiger partial charge >= 0.3 is 0 Å². The lowest BCUT2D eigenvalue weighted by molar-refractivity contribution is 0.101. The summed E-state index contributed by atoms with van der Waals surface area (Å²) in [4.78, 5) is 12.7. The molecule has 0 fully saturated rings. The first-order chi connectivity index (χ1) is 15.7. The number of rotatable bonds is 5. The number of carbonyl (C=O) groups excluding carboxylic acids is 1. The van der Waals surface area contributed by atoms with Crippen LogP contribution in [0.15, 0.2) is 103 Å². The molecule has 5 rings (SSSR count). The lowest BCUT2D eigenvalue weighted by Gasteiger charge is -2.08. The van der Waals surface area contributed by atoms with E-state index in [1.807, 2.05) is 42.5 Å². The molecule has 156 valence electrons. The molecule has 32 heavy (non-hydrogen) atoms. The van der Waals surface area contributed by atoms with Crippen LogP contribution in [0.3, 0.4) is 0 Å². The Hall–Kier alpha value is -4.18. The molecule has 0 aliphatic carbocycles. The summed E-state index contributed by atoms with van der Waals surface area (Å²) in [6.45, 7) is 0.0931. The monoisotopic (exact) mass is 422 g/mol. The van der Waals surface area contributed by atoms with E-state index in [2.05, 4.69) is 12.1 Å². The van der Waals surface area contributed by atoms with Crippen molar-refractivity contribution in [1.29, 1.82) is 0 Å². The molecule has 0 radical (unpaired) electrons. The van der Waals surface area contributed by atoms with Gasteiger partial charge in [0.25, 0.3) is 0 Å². The molecular weight excluding hydrogens is 403 g/mol. The van der Waals surface area contributed by atoms with Crippen LogP contribution in [0.25, 0.3) is 17.2 Å². The smallest absolute Gasteiger partial charge is 0.231 e. The van der Waals surface area contributed by atoms with E-state index in [0.29, 0.717) is 22.6 Å². The van der Waals surface area contributed by atoms with Gasteiger partial charge in [-0.25, -0.2) is 4.39 Å². The number of Topliss-reactive ketones (excluding diaryl/α,β-unsaturated/α-hetero) is 1. The van der Waals surface area contributed by atoms with Crippen LogP contribution in [0.1, 0.15) is 21.5 Å². The Kier molecular flexibility index (Phi) is 5.26. The molecule has 4 heteroatoms. The Morgan fingerprint density at radius 2 is 1.53 bits per heavy atom. The number of halogens is 1. The highest BCUT2D eigenvalue weighted by Crippen LogP contribution is 2.35. The standard InChI is InChI=1S/C28H19FO3/c29-25-9-5-4-8-22(25)18-31-23-14-15-24-26(17-23)32-27(28(24)30)16-19-10-12-21(13-11-19)20-6-2-1-3-7-20/h1-17H,18H2/b27-16-. The van der Waals surface area contributed by atoms with E-state index in [4.69, 9.17) is 9.47 Å². The molecule has 0 saturated heterocycles. The van der Waals surface area contributed by atoms with Gasteiger partial charge in [-0.1, -0.05) is 72.8 Å². The fourth-order valence-corrected chi connectivity index (χ4v) is 3.59. The molecule has 1 aliphatic rings. The molecule has 0 unspecified atom stereocenters. The summed E-state index contributed by atoms with van der Waals surface area (Å²) in [7, 11) is 0. The van der Waals surface area contributed by atoms with Crippen LogP contribution in [0.2, 0.25) is 0 Å². The first kappa shape index (κ1) is 19.8. The summed E-state index contributed by atoms with van der Waals surface area (Å²) in [6.07, 6.45) is 1.73. The highest BCUT2D eigenvalue weighted by atomic mass is 19.1. The Balaban J connectivity index is 1.31. The van der Waals surface area contributed by atoms with E-state index >= 15 is 0 Å². The van der Waals surface area contributed by atoms with Gasteiger partial charge in [-0.2, -0.15) is 0 Å². The van der Waals surface area contributed by atoms with Gasteiger partial charge in [-0.15, -0.1) is 0 Å². The molecular formula is C28H19FO3. The third-order valence-electron chi connectivity index (χ3n) is 5.31. The molecule has 0 atom stereocenters. The quantitative estimate of drug-likeness (QED) is 0.336. The Morgan fingerprint density at radius 3 is 2.31 bits per heavy atom. The van der Waals surface area contributed by atoms with E-state index in [1.165, 1.54) is 6.07 Å². The summed E-state index contributed by atoms with van der Waals surface area (Å²) >= 11 is 0. The predicted molar refractivity (Wildman–Crippen MR) is 122 cm³/mol. The van der Waals surface area contributed by atoms with E-state index in [1.54, 1.807) is 42.5 Å². The minimum Gasteiger partial charge on any atom is -0.489 e. The number of allylic oxidation sites excluding steroid dienone is 1. The van der Waals surface area contributed by atoms with Gasteiger partial charge < -0.3 is 9.47 Å². The number of hydrogen-bond acceptors (Lipinski definition) is 3. The van der Waals surface area contributed by atoms with Gasteiger partial charge in [0.15, 0.2) is 5.76 Å². The third-order valence-corrected chi connectivity index (χ3v) is 5.31. The van der Waals surface area contributed by atoms with Crippen molar-refractivity contribution in [2.75, 3.05) is 0 Å². The van der Waals surface area contributed by atoms with Gasteiger partial charge in [0.2, 0.25) is 5.78 Å². The minimum atomic E-state index is -0.316. The first-order valence-corrected chi connectivity index (χ1v) is 10.3. The van der Waals surface area contributed by atoms with Gasteiger partial charge in [-0.05, 0) is 41.0 Å². The molecule has 4 aromatic rings. The average Bonchev–Trinajstić information content (AvgIpc) is 3.14. The number of ketones is 1. The van der Waals surface area contributed by atoms with Crippen LogP contribution < -0.4 is 9.47 Å². The Bertz CT molecular complexity index is 1310. The summed E-state index contributed by atoms with van der Waals surface area (Å²) in [5.74, 6) is 0.719. The maximum absolute atomic E-state index is 13.8. The number of carbonyl (C=O) groups is 1. The van der Waals surface area contributed by atoms with Crippen molar-refractivity contribution in [1.82, 2.24) is 0 Å². The van der Waals surface area contributed by atoms with Crippen LogP contribution in [0.5, 0.6) is 11.5 Å². The number of benzene rings is 4. The molecule has 1 aliphatic heterocycles. The largest absolute Gasteiger partial charge is 0.489 e. The highest BCUT2D eigenvalue weighted by molar-refractivity contribution is 6.14. The molecule has 0 bridgehead atoms. The van der Waals surface area contributed by atoms with Crippen LogP contribution in [0, 0.1) is 5.82 Å². The van der Waals surface area contributed by atoms with Crippen molar-refractivity contribution in [2.45, 2.75) is 6.61 Å². The first-order valence-electron chi connectivity index (χ1n) is 10.3. The zero-order valence-corrected chi connectivity index (χ0v) is 17.1. The molecule has 1 heterocycles. The van der Waals surface area contributed by atoms with Crippen molar-refractivity contribution in [3.63, 3.8) is 0 Å². The van der Waals surface area contributed by atoms with Gasteiger partial charge in [0, 0.05) is 11.6 Å². The summed E-state index contributed by atoms with van der Waals surface area (Å²) in [6, 6.07) is 29.5. The zero-order chi connectivity index (χ0) is 21.9. The Labute approximate surface area is 185 Å². The number of hydrogen-bond donors (Lipinski definition) is 0. The normalized spacial score (nSPS) is 13.7. The van der Waals surface area contributed by atoms with E-state index in [9.17, 15) is 9.18 Å². The van der Waals surface area contributed by atoms with E-state index in [0.717, 1.165) is 16.7 Å². The molecule has 0 amide bonds. The highest BCUT2D eigenvalue weighted by Gasteiger charge is 2.27. The lowest BCUT2D eigenvalue weighted by atomic mass is 10.0. The SMILES string of the molecule is O=C1/C(=C/c2ccc(-c3ccccc3)cc2)Oc2cc(OCc3ccccc3F)ccc21. The summed E-state index contributed by atoms with van der Waals surface area (Å²) in [5.41, 5.74) is 4.05. The average molecular weight is 422 g/mol. The maximum atomic E-state index is 13.8. The van der Waals surface area contributed by atoms with Crippen molar-refractivity contribution in [2.24, 2.45) is 0 Å². The van der Waals surface area contributed by atoms with E-state index in [-0.39, 0.29) is 24.0 Å². The van der Waals surface area contributed by atoms with Gasteiger partial charge in [-0.3, -0.25) is 4.79 Å². The zero-order valence-electron chi connectivity index (χ0n) is 17.1. The Morgan fingerprint density at radius 1 is 0.812 bits per heavy atom. The molecule has 0 saturated carbocycles. The number of fused-ring (bicyclic) bond motifs is 1. The molecule has 0 spiro atoms. The fourth-order valence-electron chi connectivity index (χ4n) is 3.59. The predicted octanol–water partition coefficient (Wildman–Crippen LogP) is 6.69. The van der Waals surface area contributed by atoms with Crippen LogP contribution in [-0.4, -0.2) is 5.78 Å². The van der Waals surface area contributed by atoms with Gasteiger partial charge in [0.1, 0.15) is 23.9 Å². The summed E-state index contributed by atoms with van der Waals surface area (Å²) < 4.78 is 25.3. The third kappa shape index (κ3) is 4.03. The van der Waals surface area contributed by atoms with Crippen LogP contribution in [-0.2, 0) is 6.61 Å². The minimum absolute atomic E-state index is 0.0931. The van der Waals surface area contributed by atoms with Crippen molar-refractivity contribution < 1.29 is 18.7 Å². The van der Waals surface area contributed by atoms with Crippen molar-refractivity contribution in [3.05, 3.63) is 125 Å². The van der Waals surface area contributed by atoms with Crippen LogP contribution >= 0.6 is 0 Å². The fraction of sp³-hybridized carbons (Fsp3) is 0.0357. The van der Waals surface area contributed by atoms with Crippen LogP contribution in [0.4, 0.5) is 4.39 Å². The maximum Gasteiger partial charge on any atom is 0.231 e. The van der Waals surface area contributed by atoms with Crippen molar-refractivity contribution >= 4 is 11.9 Å². The van der Waals surface area contributed by atoms with E-state index < -0.39 is 0 Å².